The maximum atomic E-state index is 13.0. The maximum absolute atomic E-state index is 13.0. The monoisotopic (exact) mass is 549 g/mol. The highest BCUT2D eigenvalue weighted by Crippen LogP contribution is 2.29. The summed E-state index contributed by atoms with van der Waals surface area (Å²) in [6.45, 7) is 12.5. The second-order valence-electron chi connectivity index (χ2n) is 10.5. The van der Waals surface area contributed by atoms with Crippen molar-refractivity contribution in [2.24, 2.45) is 5.92 Å². The number of rotatable bonds is 8. The summed E-state index contributed by atoms with van der Waals surface area (Å²) in [5.41, 5.74) is 0.953. The predicted octanol–water partition coefficient (Wildman–Crippen LogP) is 4.52. The maximum Gasteiger partial charge on any atom is 0.410 e. The molecule has 1 atom stereocenters. The van der Waals surface area contributed by atoms with Crippen molar-refractivity contribution in [2.75, 3.05) is 44.6 Å². The minimum absolute atomic E-state index is 0. The standard InChI is InChI=1S/C25H37N5O3S.CH2O2.CH4/c1-5-11-30(24(32)33-25(2,3)4)14-10-26-18-6-7-19-21(15-18)34-28-22(19)23(31)27-20-16-29-12-8-17(20)9-13-29;2-1-3;/h6-7,15,17,20,26H,5,8-14,16H2,1-4H3,(H,27,31);1H,(H,2,3);1H4/t20-;;/m1../s1. The molecule has 0 saturated carbocycles. The normalized spacial score (nSPS) is 19.9. The number of nitrogens with one attached hydrogen (secondary N) is 2. The summed E-state index contributed by atoms with van der Waals surface area (Å²) in [4.78, 5) is 38.0. The molecule has 3 N–H and O–H groups in total. The van der Waals surface area contributed by atoms with Crippen molar-refractivity contribution >= 4 is 45.8 Å². The van der Waals surface area contributed by atoms with Crippen LogP contribution in [0.5, 0.6) is 0 Å². The Bertz CT molecular complexity index is 1060. The van der Waals surface area contributed by atoms with E-state index in [1.165, 1.54) is 24.4 Å². The molecule has 38 heavy (non-hydrogen) atoms. The average molecular weight is 550 g/mol. The molecule has 212 valence electrons. The van der Waals surface area contributed by atoms with Crippen molar-refractivity contribution in [3.8, 4) is 0 Å². The van der Waals surface area contributed by atoms with E-state index in [0.29, 0.717) is 31.2 Å². The summed E-state index contributed by atoms with van der Waals surface area (Å²) >= 11 is 1.35. The third-order valence-electron chi connectivity index (χ3n) is 6.52. The molecule has 1 aromatic carbocycles. The molecule has 3 aliphatic rings. The van der Waals surface area contributed by atoms with Crippen LogP contribution in [0.15, 0.2) is 18.2 Å². The van der Waals surface area contributed by atoms with Crippen LogP contribution in [-0.4, -0.2) is 88.7 Å². The van der Waals surface area contributed by atoms with Crippen molar-refractivity contribution in [3.05, 3.63) is 23.9 Å². The second kappa shape index (κ2) is 14.3. The number of ether oxygens (including phenoxy) is 1. The summed E-state index contributed by atoms with van der Waals surface area (Å²) in [7, 11) is 0. The van der Waals surface area contributed by atoms with Crippen LogP contribution in [-0.2, 0) is 9.53 Å². The van der Waals surface area contributed by atoms with Gasteiger partial charge in [0.25, 0.3) is 12.4 Å². The molecular formula is C27H43N5O5S. The zero-order chi connectivity index (χ0) is 27.0. The van der Waals surface area contributed by atoms with Crippen LogP contribution in [0.1, 0.15) is 64.9 Å². The van der Waals surface area contributed by atoms with Gasteiger partial charge in [0.1, 0.15) is 11.3 Å². The first kappa shape index (κ1) is 31.3. The molecule has 1 aromatic heterocycles. The zero-order valence-corrected chi connectivity index (χ0v) is 23.0. The number of amides is 2. The molecule has 0 aliphatic carbocycles. The van der Waals surface area contributed by atoms with Crippen LogP contribution in [0.25, 0.3) is 10.1 Å². The Balaban J connectivity index is 0.00000121. The molecule has 0 radical (unpaired) electrons. The largest absolute Gasteiger partial charge is 0.483 e. The van der Waals surface area contributed by atoms with E-state index >= 15 is 0 Å². The summed E-state index contributed by atoms with van der Waals surface area (Å²) in [6.07, 6.45) is 2.92. The SMILES string of the molecule is C.CCCN(CCNc1ccc2c(C(=O)N[C@@H]3CN4CCC3CC4)nsc2c1)C(=O)OC(C)(C)C.O=CO. The van der Waals surface area contributed by atoms with Gasteiger partial charge in [0.15, 0.2) is 0 Å². The molecule has 2 amide bonds. The molecule has 2 aromatic rings. The number of hydrogen-bond acceptors (Lipinski definition) is 8. The van der Waals surface area contributed by atoms with E-state index in [-0.39, 0.29) is 31.9 Å². The molecule has 10 nitrogen and oxygen atoms in total. The Morgan fingerprint density at radius 3 is 2.53 bits per heavy atom. The van der Waals surface area contributed by atoms with Gasteiger partial charge in [-0.05, 0) is 88.8 Å². The lowest BCUT2D eigenvalue weighted by molar-refractivity contribution is -0.122. The summed E-state index contributed by atoms with van der Waals surface area (Å²) in [5, 5.41) is 14.4. The third-order valence-corrected chi connectivity index (χ3v) is 7.32. The number of piperidine rings is 3. The Morgan fingerprint density at radius 1 is 1.26 bits per heavy atom. The van der Waals surface area contributed by atoms with E-state index in [1.54, 1.807) is 4.90 Å². The second-order valence-corrected chi connectivity index (χ2v) is 11.3. The van der Waals surface area contributed by atoms with Gasteiger partial charge < -0.3 is 30.3 Å². The minimum atomic E-state index is -0.508. The fourth-order valence-electron chi connectivity index (χ4n) is 4.80. The van der Waals surface area contributed by atoms with Crippen LogP contribution in [0.4, 0.5) is 10.5 Å². The van der Waals surface area contributed by atoms with Gasteiger partial charge in [-0.25, -0.2) is 4.79 Å². The highest BCUT2D eigenvalue weighted by Gasteiger charge is 2.35. The van der Waals surface area contributed by atoms with Crippen molar-refractivity contribution in [2.45, 2.75) is 66.0 Å². The number of carbonyl (C=O) groups is 3. The first-order valence-electron chi connectivity index (χ1n) is 12.9. The molecular weight excluding hydrogens is 506 g/mol. The van der Waals surface area contributed by atoms with E-state index in [1.807, 2.05) is 45.9 Å². The van der Waals surface area contributed by atoms with Crippen LogP contribution in [0.3, 0.4) is 0 Å². The summed E-state index contributed by atoms with van der Waals surface area (Å²) in [5.74, 6) is 0.515. The van der Waals surface area contributed by atoms with Crippen molar-refractivity contribution < 1.29 is 24.2 Å². The molecule has 0 spiro atoms. The van der Waals surface area contributed by atoms with Gasteiger partial charge in [-0.2, -0.15) is 4.37 Å². The highest BCUT2D eigenvalue weighted by molar-refractivity contribution is 7.13. The van der Waals surface area contributed by atoms with Crippen molar-refractivity contribution in [3.63, 3.8) is 0 Å². The molecule has 3 fully saturated rings. The predicted molar refractivity (Wildman–Crippen MR) is 152 cm³/mol. The smallest absolute Gasteiger partial charge is 0.410 e. The molecule has 2 bridgehead atoms. The van der Waals surface area contributed by atoms with E-state index in [0.717, 1.165) is 41.8 Å². The Labute approximate surface area is 229 Å². The lowest BCUT2D eigenvalue weighted by Gasteiger charge is -2.44. The van der Waals surface area contributed by atoms with Gasteiger partial charge in [0.2, 0.25) is 0 Å². The molecule has 0 unspecified atom stereocenters. The van der Waals surface area contributed by atoms with Gasteiger partial charge in [-0.15, -0.1) is 0 Å². The van der Waals surface area contributed by atoms with Crippen molar-refractivity contribution in [1.82, 2.24) is 19.5 Å². The number of hydrogen-bond donors (Lipinski definition) is 3. The lowest BCUT2D eigenvalue weighted by atomic mass is 9.84. The van der Waals surface area contributed by atoms with Gasteiger partial charge in [-0.1, -0.05) is 14.4 Å². The molecule has 5 rings (SSSR count). The van der Waals surface area contributed by atoms with E-state index in [9.17, 15) is 9.59 Å². The quantitative estimate of drug-likeness (QED) is 0.411. The van der Waals surface area contributed by atoms with E-state index < -0.39 is 5.60 Å². The summed E-state index contributed by atoms with van der Waals surface area (Å²) < 4.78 is 11.0. The van der Waals surface area contributed by atoms with Crippen molar-refractivity contribution in [1.29, 1.82) is 0 Å². The first-order chi connectivity index (χ1) is 17.6. The molecule has 4 heterocycles. The lowest BCUT2D eigenvalue weighted by Crippen LogP contribution is -2.57. The van der Waals surface area contributed by atoms with Gasteiger partial charge in [0.05, 0.1) is 4.70 Å². The fraction of sp³-hybridized carbons (Fsp3) is 0.630. The number of benzene rings is 1. The highest BCUT2D eigenvalue weighted by atomic mass is 32.1. The number of carbonyl (C=O) groups excluding carboxylic acids is 2. The third kappa shape index (κ3) is 8.56. The summed E-state index contributed by atoms with van der Waals surface area (Å²) in [6, 6.07) is 6.18. The first-order valence-corrected chi connectivity index (χ1v) is 13.6. The van der Waals surface area contributed by atoms with E-state index in [2.05, 4.69) is 19.9 Å². The Hall–Kier alpha value is -2.92. The van der Waals surface area contributed by atoms with Gasteiger partial charge >= 0.3 is 6.09 Å². The number of carboxylic acid groups (broad SMARTS) is 1. The Morgan fingerprint density at radius 2 is 1.95 bits per heavy atom. The number of fused-ring (bicyclic) bond motifs is 4. The van der Waals surface area contributed by atoms with Crippen LogP contribution in [0, 0.1) is 5.92 Å². The average Bonchev–Trinajstić information content (AvgIpc) is 3.27. The minimum Gasteiger partial charge on any atom is -0.483 e. The number of anilines is 1. The Kier molecular flexibility index (Phi) is 11.8. The van der Waals surface area contributed by atoms with Crippen LogP contribution in [0.2, 0.25) is 0 Å². The van der Waals surface area contributed by atoms with Gasteiger partial charge in [-0.3, -0.25) is 9.59 Å². The number of nitrogens with zero attached hydrogens (tertiary/aromatic N) is 3. The van der Waals surface area contributed by atoms with Crippen LogP contribution < -0.4 is 10.6 Å². The topological polar surface area (TPSA) is 124 Å². The molecule has 3 saturated heterocycles. The molecule has 3 aliphatic heterocycles. The zero-order valence-electron chi connectivity index (χ0n) is 22.2. The number of aromatic nitrogens is 1. The van der Waals surface area contributed by atoms with Crippen LogP contribution >= 0.6 is 11.5 Å². The fourth-order valence-corrected chi connectivity index (χ4v) is 5.62. The van der Waals surface area contributed by atoms with Gasteiger partial charge in [0, 0.05) is 43.3 Å². The van der Waals surface area contributed by atoms with E-state index in [4.69, 9.17) is 14.6 Å². The molecule has 11 heteroatoms.